The summed E-state index contributed by atoms with van der Waals surface area (Å²) in [4.78, 5) is 13.9. The van der Waals surface area contributed by atoms with Crippen LogP contribution in [0.4, 0.5) is 0 Å². The van der Waals surface area contributed by atoms with E-state index in [1.54, 1.807) is 0 Å². The molecule has 0 radical (unpaired) electrons. The van der Waals surface area contributed by atoms with E-state index in [1.807, 2.05) is 6.92 Å². The summed E-state index contributed by atoms with van der Waals surface area (Å²) in [5.74, 6) is -0.250. The van der Waals surface area contributed by atoms with Gasteiger partial charge in [-0.3, -0.25) is 0 Å². The average Bonchev–Trinajstić information content (AvgIpc) is 2.48. The van der Waals surface area contributed by atoms with Crippen LogP contribution in [0.25, 0.3) is 6.08 Å². The van der Waals surface area contributed by atoms with Crippen molar-refractivity contribution in [1.82, 2.24) is 10.1 Å². The summed E-state index contributed by atoms with van der Waals surface area (Å²) in [6, 6.07) is 0. The van der Waals surface area contributed by atoms with E-state index in [9.17, 15) is 4.79 Å². The molecule has 0 unspecified atom stereocenters. The number of aliphatic carboxylic acids is 1. The highest BCUT2D eigenvalue weighted by atomic mass is 16.5. The van der Waals surface area contributed by atoms with Crippen LogP contribution in [0, 0.1) is 0 Å². The molecule has 0 saturated heterocycles. The smallest absolute Gasteiger partial charge is 0.328 e. The molecule has 12 heavy (non-hydrogen) atoms. The molecule has 0 amide bonds. The lowest BCUT2D eigenvalue weighted by Crippen LogP contribution is -1.86. The van der Waals surface area contributed by atoms with Crippen LogP contribution in [0.5, 0.6) is 0 Å². The van der Waals surface area contributed by atoms with Crippen molar-refractivity contribution in [2.75, 3.05) is 0 Å². The number of nitrogens with zero attached hydrogens (tertiary/aromatic N) is 2. The van der Waals surface area contributed by atoms with E-state index in [2.05, 4.69) is 10.1 Å². The summed E-state index contributed by atoms with van der Waals surface area (Å²) in [5.41, 5.74) is 0. The van der Waals surface area contributed by atoms with Crippen molar-refractivity contribution in [2.24, 2.45) is 0 Å². The van der Waals surface area contributed by atoms with Crippen molar-refractivity contribution in [3.05, 3.63) is 17.8 Å². The first-order valence-electron chi connectivity index (χ1n) is 3.46. The number of hydrogen-bond acceptors (Lipinski definition) is 4. The lowest BCUT2D eigenvalue weighted by Gasteiger charge is -1.77. The van der Waals surface area contributed by atoms with Crippen molar-refractivity contribution in [3.63, 3.8) is 0 Å². The molecule has 0 aromatic carbocycles. The molecule has 0 aliphatic carbocycles. The molecule has 0 saturated carbocycles. The Hall–Kier alpha value is -1.65. The van der Waals surface area contributed by atoms with Crippen molar-refractivity contribution >= 4 is 12.0 Å². The fourth-order valence-electron chi connectivity index (χ4n) is 0.621. The maximum absolute atomic E-state index is 10.1. The van der Waals surface area contributed by atoms with Crippen LogP contribution in [-0.2, 0) is 11.2 Å². The standard InChI is InChI=1S/C7H8N2O3/c1-2-5-8-6(12-9-5)3-4-7(10)11/h3-4H,2H2,1H3,(H,10,11)/b4-3+. The third-order valence-electron chi connectivity index (χ3n) is 1.17. The second kappa shape index (κ2) is 3.66. The Bertz CT molecular complexity index is 303. The van der Waals surface area contributed by atoms with Gasteiger partial charge in [0.1, 0.15) is 0 Å². The van der Waals surface area contributed by atoms with Gasteiger partial charge in [-0.2, -0.15) is 4.98 Å². The molecule has 0 aliphatic rings. The molecule has 1 rings (SSSR count). The van der Waals surface area contributed by atoms with Gasteiger partial charge in [0, 0.05) is 18.6 Å². The van der Waals surface area contributed by atoms with Crippen LogP contribution >= 0.6 is 0 Å². The van der Waals surface area contributed by atoms with E-state index in [1.165, 1.54) is 6.08 Å². The van der Waals surface area contributed by atoms with Gasteiger partial charge in [0.2, 0.25) is 0 Å². The van der Waals surface area contributed by atoms with Crippen molar-refractivity contribution in [3.8, 4) is 0 Å². The minimum absolute atomic E-state index is 0.217. The molecule has 0 bridgehead atoms. The van der Waals surface area contributed by atoms with Crippen LogP contribution < -0.4 is 0 Å². The number of hydrogen-bond donors (Lipinski definition) is 1. The third-order valence-corrected chi connectivity index (χ3v) is 1.17. The normalized spacial score (nSPS) is 10.8. The number of carboxylic acids is 1. The average molecular weight is 168 g/mol. The van der Waals surface area contributed by atoms with Crippen molar-refractivity contribution in [1.29, 1.82) is 0 Å². The fourth-order valence-corrected chi connectivity index (χ4v) is 0.621. The topological polar surface area (TPSA) is 76.2 Å². The molecule has 5 nitrogen and oxygen atoms in total. The molecule has 0 aliphatic heterocycles. The second-order valence-corrected chi connectivity index (χ2v) is 2.07. The van der Waals surface area contributed by atoms with Crippen molar-refractivity contribution in [2.45, 2.75) is 13.3 Å². The SMILES string of the molecule is CCc1noc(/C=C/C(=O)O)n1. The van der Waals surface area contributed by atoms with Crippen LogP contribution in [0.2, 0.25) is 0 Å². The first-order valence-corrected chi connectivity index (χ1v) is 3.46. The summed E-state index contributed by atoms with van der Waals surface area (Å²) in [6.45, 7) is 1.88. The Kier molecular flexibility index (Phi) is 2.57. The molecule has 0 fully saturated rings. The Morgan fingerprint density at radius 2 is 2.50 bits per heavy atom. The number of aromatic nitrogens is 2. The minimum atomic E-state index is -1.04. The molecule has 1 aromatic heterocycles. The maximum Gasteiger partial charge on any atom is 0.328 e. The van der Waals surface area contributed by atoms with Crippen molar-refractivity contribution < 1.29 is 14.4 Å². The van der Waals surface area contributed by atoms with E-state index in [-0.39, 0.29) is 5.89 Å². The van der Waals surface area contributed by atoms with Gasteiger partial charge < -0.3 is 9.63 Å². The highest BCUT2D eigenvalue weighted by molar-refractivity contribution is 5.84. The molecule has 0 spiro atoms. The summed E-state index contributed by atoms with van der Waals surface area (Å²) < 4.78 is 4.69. The Morgan fingerprint density at radius 1 is 1.75 bits per heavy atom. The number of carboxylic acid groups (broad SMARTS) is 1. The first kappa shape index (κ1) is 8.45. The Morgan fingerprint density at radius 3 is 3.00 bits per heavy atom. The van der Waals surface area contributed by atoms with Gasteiger partial charge in [-0.1, -0.05) is 12.1 Å². The largest absolute Gasteiger partial charge is 0.478 e. The van der Waals surface area contributed by atoms with E-state index < -0.39 is 5.97 Å². The number of carbonyl (C=O) groups is 1. The van der Waals surface area contributed by atoms with Gasteiger partial charge >= 0.3 is 5.97 Å². The van der Waals surface area contributed by atoms with E-state index in [4.69, 9.17) is 9.63 Å². The fraction of sp³-hybridized carbons (Fsp3) is 0.286. The van der Waals surface area contributed by atoms with Crippen LogP contribution in [0.15, 0.2) is 10.6 Å². The van der Waals surface area contributed by atoms with Gasteiger partial charge in [-0.05, 0) is 0 Å². The minimum Gasteiger partial charge on any atom is -0.478 e. The molecular formula is C7H8N2O3. The monoisotopic (exact) mass is 168 g/mol. The van der Waals surface area contributed by atoms with Gasteiger partial charge in [0.25, 0.3) is 5.89 Å². The first-order chi connectivity index (χ1) is 5.72. The number of rotatable bonds is 3. The second-order valence-electron chi connectivity index (χ2n) is 2.07. The van der Waals surface area contributed by atoms with Crippen LogP contribution in [0.3, 0.4) is 0 Å². The zero-order chi connectivity index (χ0) is 8.97. The zero-order valence-corrected chi connectivity index (χ0v) is 6.52. The highest BCUT2D eigenvalue weighted by Gasteiger charge is 1.99. The van der Waals surface area contributed by atoms with Gasteiger partial charge in [0.05, 0.1) is 0 Å². The molecule has 0 atom stereocenters. The summed E-state index contributed by atoms with van der Waals surface area (Å²) in [6.07, 6.45) is 2.88. The Balaban J connectivity index is 2.70. The maximum atomic E-state index is 10.1. The Labute approximate surface area is 68.7 Å². The van der Waals surface area contributed by atoms with Gasteiger partial charge in [0.15, 0.2) is 5.82 Å². The summed E-state index contributed by atoms with van der Waals surface area (Å²) >= 11 is 0. The molecule has 1 heterocycles. The molecule has 5 heteroatoms. The van der Waals surface area contributed by atoms with Crippen LogP contribution in [0.1, 0.15) is 18.6 Å². The summed E-state index contributed by atoms with van der Waals surface area (Å²) in [5, 5.41) is 11.8. The van der Waals surface area contributed by atoms with E-state index in [0.717, 1.165) is 6.08 Å². The quantitative estimate of drug-likeness (QED) is 0.673. The number of aryl methyl sites for hydroxylation is 1. The molecule has 64 valence electrons. The highest BCUT2D eigenvalue weighted by Crippen LogP contribution is 1.99. The van der Waals surface area contributed by atoms with Gasteiger partial charge in [-0.15, -0.1) is 0 Å². The van der Waals surface area contributed by atoms with E-state index in [0.29, 0.717) is 12.2 Å². The molecule has 1 N–H and O–H groups in total. The predicted molar refractivity (Wildman–Crippen MR) is 40.3 cm³/mol. The van der Waals surface area contributed by atoms with Crippen LogP contribution in [-0.4, -0.2) is 21.2 Å². The summed E-state index contributed by atoms with van der Waals surface area (Å²) in [7, 11) is 0. The zero-order valence-electron chi connectivity index (χ0n) is 6.52. The lowest BCUT2D eigenvalue weighted by atomic mass is 10.4. The lowest BCUT2D eigenvalue weighted by molar-refractivity contribution is -0.131. The third kappa shape index (κ3) is 2.19. The van der Waals surface area contributed by atoms with Gasteiger partial charge in [-0.25, -0.2) is 4.79 Å². The molecule has 1 aromatic rings. The van der Waals surface area contributed by atoms with E-state index >= 15 is 0 Å². The molecular weight excluding hydrogens is 160 g/mol. The predicted octanol–water partition coefficient (Wildman–Crippen LogP) is 0.730.